The Morgan fingerprint density at radius 1 is 1.00 bits per heavy atom. The molecule has 2 atom stereocenters. The predicted octanol–water partition coefficient (Wildman–Crippen LogP) is 5.97. The third-order valence-electron chi connectivity index (χ3n) is 7.68. The summed E-state index contributed by atoms with van der Waals surface area (Å²) in [5.41, 5.74) is 4.82. The first-order valence-corrected chi connectivity index (χ1v) is 13.2. The normalized spacial score (nSPS) is 19.8. The van der Waals surface area contributed by atoms with Gasteiger partial charge in [0.2, 0.25) is 0 Å². The fourth-order valence-corrected chi connectivity index (χ4v) is 5.83. The number of piperidine rings is 1. The minimum absolute atomic E-state index is 0.224. The standard InChI is InChI=1S/C29H33N7O/c1-20-7-5-16-36(20)26-12-3-2-11-25(26)34-29(37)33-23-10-4-8-21(17-23)22-9-6-15-35(18-22)28-24-13-14-30-27(24)31-19-32-28/h2-4,8,10-14,17,19-20,22H,5-7,9,15-16,18H2,1H3,(H,30,31,32)(H2,33,34,37)/t20-,22?/m1/s1. The first-order chi connectivity index (χ1) is 18.2. The van der Waals surface area contributed by atoms with Crippen LogP contribution in [0.3, 0.4) is 0 Å². The molecule has 4 heterocycles. The molecule has 0 saturated carbocycles. The Morgan fingerprint density at radius 2 is 1.89 bits per heavy atom. The molecule has 2 aliphatic rings. The van der Waals surface area contributed by atoms with Gasteiger partial charge in [-0.3, -0.25) is 0 Å². The lowest BCUT2D eigenvalue weighted by Crippen LogP contribution is -2.35. The van der Waals surface area contributed by atoms with Crippen LogP contribution in [0, 0.1) is 0 Å². The Morgan fingerprint density at radius 3 is 2.78 bits per heavy atom. The van der Waals surface area contributed by atoms with Gasteiger partial charge in [-0.25, -0.2) is 14.8 Å². The van der Waals surface area contributed by atoms with Gasteiger partial charge in [0.05, 0.1) is 16.8 Å². The van der Waals surface area contributed by atoms with Crippen molar-refractivity contribution in [1.29, 1.82) is 0 Å². The molecule has 3 N–H and O–H groups in total. The van der Waals surface area contributed by atoms with Crippen molar-refractivity contribution in [2.45, 2.75) is 44.6 Å². The number of H-pyrrole nitrogens is 1. The van der Waals surface area contributed by atoms with Crippen LogP contribution in [-0.4, -0.2) is 46.7 Å². The molecule has 0 aliphatic carbocycles. The van der Waals surface area contributed by atoms with Gasteiger partial charge in [-0.15, -0.1) is 0 Å². The van der Waals surface area contributed by atoms with Gasteiger partial charge < -0.3 is 25.4 Å². The monoisotopic (exact) mass is 495 g/mol. The lowest BCUT2D eigenvalue weighted by atomic mass is 9.90. The number of para-hydroxylation sites is 2. The number of aromatic amines is 1. The number of aromatic nitrogens is 3. The minimum atomic E-state index is -0.224. The molecule has 2 fully saturated rings. The smallest absolute Gasteiger partial charge is 0.323 e. The van der Waals surface area contributed by atoms with E-state index in [0.29, 0.717) is 12.0 Å². The van der Waals surface area contributed by atoms with E-state index in [1.807, 2.05) is 42.6 Å². The molecule has 1 unspecified atom stereocenters. The zero-order chi connectivity index (χ0) is 25.2. The summed E-state index contributed by atoms with van der Waals surface area (Å²) >= 11 is 0. The van der Waals surface area contributed by atoms with Crippen molar-refractivity contribution < 1.29 is 4.79 Å². The van der Waals surface area contributed by atoms with Crippen LogP contribution in [0.1, 0.15) is 44.1 Å². The summed E-state index contributed by atoms with van der Waals surface area (Å²) in [6.45, 7) is 5.12. The van der Waals surface area contributed by atoms with Gasteiger partial charge >= 0.3 is 6.03 Å². The topological polar surface area (TPSA) is 89.2 Å². The first kappa shape index (κ1) is 23.3. The summed E-state index contributed by atoms with van der Waals surface area (Å²) in [7, 11) is 0. The highest BCUT2D eigenvalue weighted by Gasteiger charge is 2.25. The van der Waals surface area contributed by atoms with Crippen LogP contribution in [0.5, 0.6) is 0 Å². The summed E-state index contributed by atoms with van der Waals surface area (Å²) in [6.07, 6.45) is 8.09. The molecule has 8 heteroatoms. The van der Waals surface area contributed by atoms with Gasteiger partial charge in [0, 0.05) is 43.5 Å². The summed E-state index contributed by atoms with van der Waals surface area (Å²) in [5.74, 6) is 1.34. The fourth-order valence-electron chi connectivity index (χ4n) is 5.83. The van der Waals surface area contributed by atoms with Gasteiger partial charge in [-0.1, -0.05) is 24.3 Å². The summed E-state index contributed by atoms with van der Waals surface area (Å²) in [6, 6.07) is 18.6. The second kappa shape index (κ2) is 10.1. The van der Waals surface area contributed by atoms with Crippen LogP contribution >= 0.6 is 0 Å². The lowest BCUT2D eigenvalue weighted by molar-refractivity contribution is 0.262. The van der Waals surface area contributed by atoms with E-state index < -0.39 is 0 Å². The third kappa shape index (κ3) is 4.83. The van der Waals surface area contributed by atoms with Crippen molar-refractivity contribution >= 4 is 39.9 Å². The molecule has 2 saturated heterocycles. The number of fused-ring (bicyclic) bond motifs is 1. The molecule has 2 aromatic carbocycles. The maximum absolute atomic E-state index is 13.0. The van der Waals surface area contributed by atoms with Crippen molar-refractivity contribution in [1.82, 2.24) is 15.0 Å². The Labute approximate surface area is 217 Å². The second-order valence-corrected chi connectivity index (χ2v) is 10.1. The third-order valence-corrected chi connectivity index (χ3v) is 7.68. The maximum Gasteiger partial charge on any atom is 0.323 e. The first-order valence-electron chi connectivity index (χ1n) is 13.2. The quantitative estimate of drug-likeness (QED) is 0.317. The Balaban J connectivity index is 1.15. The maximum atomic E-state index is 13.0. The number of nitrogens with zero attached hydrogens (tertiary/aromatic N) is 4. The van der Waals surface area contributed by atoms with E-state index in [-0.39, 0.29) is 6.03 Å². The number of hydrogen-bond acceptors (Lipinski definition) is 5. The number of hydrogen-bond donors (Lipinski definition) is 3. The van der Waals surface area contributed by atoms with Crippen molar-refractivity contribution in [2.24, 2.45) is 0 Å². The van der Waals surface area contributed by atoms with E-state index in [0.717, 1.165) is 66.4 Å². The van der Waals surface area contributed by atoms with Crippen LogP contribution in [0.2, 0.25) is 0 Å². The minimum Gasteiger partial charge on any atom is -0.367 e. The molecule has 37 heavy (non-hydrogen) atoms. The Bertz CT molecular complexity index is 1400. The van der Waals surface area contributed by atoms with Gasteiger partial charge in [0.25, 0.3) is 0 Å². The number of amides is 2. The van der Waals surface area contributed by atoms with Crippen LogP contribution in [0.25, 0.3) is 11.0 Å². The molecule has 0 spiro atoms. The van der Waals surface area contributed by atoms with Crippen LogP contribution in [-0.2, 0) is 0 Å². The number of anilines is 4. The predicted molar refractivity (Wildman–Crippen MR) is 150 cm³/mol. The lowest BCUT2D eigenvalue weighted by Gasteiger charge is -2.34. The average Bonchev–Trinajstić information content (AvgIpc) is 3.58. The van der Waals surface area contributed by atoms with E-state index in [2.05, 4.69) is 60.5 Å². The molecule has 6 rings (SSSR count). The zero-order valence-electron chi connectivity index (χ0n) is 21.2. The molecule has 2 amide bonds. The highest BCUT2D eigenvalue weighted by atomic mass is 16.2. The molecule has 0 radical (unpaired) electrons. The largest absolute Gasteiger partial charge is 0.367 e. The average molecular weight is 496 g/mol. The van der Waals surface area contributed by atoms with Crippen molar-refractivity contribution in [3.63, 3.8) is 0 Å². The highest BCUT2D eigenvalue weighted by molar-refractivity contribution is 6.02. The van der Waals surface area contributed by atoms with Gasteiger partial charge in [-0.2, -0.15) is 0 Å². The molecule has 2 aromatic heterocycles. The molecule has 190 valence electrons. The summed E-state index contributed by atoms with van der Waals surface area (Å²) < 4.78 is 0. The molecular weight excluding hydrogens is 462 g/mol. The van der Waals surface area contributed by atoms with E-state index in [1.165, 1.54) is 18.4 Å². The summed E-state index contributed by atoms with van der Waals surface area (Å²) in [5, 5.41) is 7.19. The van der Waals surface area contributed by atoms with E-state index >= 15 is 0 Å². The number of carbonyl (C=O) groups is 1. The molecular formula is C29H33N7O. The molecule has 2 aliphatic heterocycles. The Kier molecular flexibility index (Phi) is 6.39. The molecule has 8 nitrogen and oxygen atoms in total. The van der Waals surface area contributed by atoms with Crippen LogP contribution in [0.4, 0.5) is 27.7 Å². The fraction of sp³-hybridized carbons (Fsp3) is 0.345. The van der Waals surface area contributed by atoms with E-state index in [9.17, 15) is 4.79 Å². The number of rotatable bonds is 5. The summed E-state index contributed by atoms with van der Waals surface area (Å²) in [4.78, 5) is 29.8. The number of carbonyl (C=O) groups excluding carboxylic acids is 1. The van der Waals surface area contributed by atoms with Crippen molar-refractivity contribution in [2.75, 3.05) is 40.1 Å². The van der Waals surface area contributed by atoms with Crippen LogP contribution in [0.15, 0.2) is 67.1 Å². The Hall–Kier alpha value is -4.07. The SMILES string of the molecule is C[C@@H]1CCCN1c1ccccc1NC(=O)Nc1cccc(C2CCCN(c3ncnc4[nH]ccc34)C2)c1. The van der Waals surface area contributed by atoms with Crippen molar-refractivity contribution in [3.8, 4) is 0 Å². The highest BCUT2D eigenvalue weighted by Crippen LogP contribution is 2.34. The van der Waals surface area contributed by atoms with Crippen LogP contribution < -0.4 is 20.4 Å². The van der Waals surface area contributed by atoms with Gasteiger partial charge in [0.1, 0.15) is 17.8 Å². The number of benzene rings is 2. The van der Waals surface area contributed by atoms with E-state index in [1.54, 1.807) is 6.33 Å². The molecule has 0 bridgehead atoms. The molecule has 4 aromatic rings. The van der Waals surface area contributed by atoms with Crippen molar-refractivity contribution in [3.05, 3.63) is 72.7 Å². The number of urea groups is 1. The van der Waals surface area contributed by atoms with E-state index in [4.69, 9.17) is 0 Å². The zero-order valence-corrected chi connectivity index (χ0v) is 21.2. The number of nitrogens with one attached hydrogen (secondary N) is 3. The van der Waals surface area contributed by atoms with Gasteiger partial charge in [0.15, 0.2) is 0 Å². The van der Waals surface area contributed by atoms with Gasteiger partial charge in [-0.05, 0) is 68.5 Å². The second-order valence-electron chi connectivity index (χ2n) is 10.1.